The van der Waals surface area contributed by atoms with Crippen LogP contribution in [-0.4, -0.2) is 34.3 Å². The van der Waals surface area contributed by atoms with Crippen LogP contribution in [0.5, 0.6) is 0 Å². The predicted molar refractivity (Wildman–Crippen MR) is 98.6 cm³/mol. The van der Waals surface area contributed by atoms with Crippen LogP contribution in [0.2, 0.25) is 0 Å². The molecule has 0 aliphatic rings. The molecule has 1 N–H and O–H groups in total. The zero-order chi connectivity index (χ0) is 17.9. The van der Waals surface area contributed by atoms with Gasteiger partial charge in [-0.2, -0.15) is 5.10 Å². The third-order valence-electron chi connectivity index (χ3n) is 4.35. The van der Waals surface area contributed by atoms with E-state index in [0.717, 1.165) is 35.5 Å². The van der Waals surface area contributed by atoms with E-state index >= 15 is 0 Å². The second-order valence-electron chi connectivity index (χ2n) is 6.44. The minimum atomic E-state index is -0.0850. The van der Waals surface area contributed by atoms with Gasteiger partial charge < -0.3 is 10.2 Å². The van der Waals surface area contributed by atoms with Gasteiger partial charge in [-0.15, -0.1) is 0 Å². The maximum atomic E-state index is 12.4. The Kier molecular flexibility index (Phi) is 5.65. The summed E-state index contributed by atoms with van der Waals surface area (Å²) >= 11 is 0. The summed E-state index contributed by atoms with van der Waals surface area (Å²) in [5, 5.41) is 7.51. The SMILES string of the molecule is CCn1nc(C)c(CCN(C)C(=O)Nc2cc(C)cc(C)c2)c1C. The molecule has 0 spiro atoms. The summed E-state index contributed by atoms with van der Waals surface area (Å²) in [6.45, 7) is 11.8. The highest BCUT2D eigenvalue weighted by atomic mass is 16.2. The molecule has 1 aromatic carbocycles. The van der Waals surface area contributed by atoms with Crippen molar-refractivity contribution in [3.05, 3.63) is 46.3 Å². The topological polar surface area (TPSA) is 50.2 Å². The second kappa shape index (κ2) is 7.51. The molecule has 24 heavy (non-hydrogen) atoms. The number of carbonyl (C=O) groups excluding carboxylic acids is 1. The minimum absolute atomic E-state index is 0.0850. The zero-order valence-electron chi connectivity index (χ0n) is 15.6. The largest absolute Gasteiger partial charge is 0.327 e. The maximum Gasteiger partial charge on any atom is 0.321 e. The molecule has 0 fully saturated rings. The molecule has 2 aromatic rings. The van der Waals surface area contributed by atoms with Crippen LogP contribution in [0.4, 0.5) is 10.5 Å². The highest BCUT2D eigenvalue weighted by Gasteiger charge is 2.14. The molecule has 0 aliphatic carbocycles. The van der Waals surface area contributed by atoms with Gasteiger partial charge in [0.15, 0.2) is 0 Å². The summed E-state index contributed by atoms with van der Waals surface area (Å²) < 4.78 is 2.01. The Bertz CT molecular complexity index is 713. The summed E-state index contributed by atoms with van der Waals surface area (Å²) in [5.74, 6) is 0. The molecule has 1 heterocycles. The standard InChI is InChI=1S/C19H28N4O/c1-7-23-16(5)18(15(4)21-23)8-9-22(6)19(24)20-17-11-13(2)10-14(3)12-17/h10-12H,7-9H2,1-6H3,(H,20,24). The first-order chi connectivity index (χ1) is 11.3. The van der Waals surface area contributed by atoms with Gasteiger partial charge in [0.05, 0.1) is 5.69 Å². The van der Waals surface area contributed by atoms with Crippen molar-refractivity contribution in [2.45, 2.75) is 47.6 Å². The quantitative estimate of drug-likeness (QED) is 0.906. The predicted octanol–water partition coefficient (Wildman–Crippen LogP) is 3.84. The molecule has 0 saturated carbocycles. The van der Waals surface area contributed by atoms with Crippen molar-refractivity contribution >= 4 is 11.7 Å². The van der Waals surface area contributed by atoms with E-state index in [4.69, 9.17) is 0 Å². The maximum absolute atomic E-state index is 12.4. The number of nitrogens with one attached hydrogen (secondary N) is 1. The highest BCUT2D eigenvalue weighted by molar-refractivity contribution is 5.89. The summed E-state index contributed by atoms with van der Waals surface area (Å²) in [5.41, 5.74) is 6.62. The lowest BCUT2D eigenvalue weighted by Gasteiger charge is -2.18. The van der Waals surface area contributed by atoms with E-state index in [1.807, 2.05) is 44.6 Å². The Morgan fingerprint density at radius 1 is 1.17 bits per heavy atom. The van der Waals surface area contributed by atoms with Gasteiger partial charge in [0, 0.05) is 31.5 Å². The van der Waals surface area contributed by atoms with Crippen LogP contribution in [0.1, 0.15) is 35.0 Å². The van der Waals surface area contributed by atoms with Crippen molar-refractivity contribution in [1.29, 1.82) is 0 Å². The van der Waals surface area contributed by atoms with Crippen LogP contribution in [-0.2, 0) is 13.0 Å². The monoisotopic (exact) mass is 328 g/mol. The molecule has 5 nitrogen and oxygen atoms in total. The first kappa shape index (κ1) is 18.0. The Hall–Kier alpha value is -2.30. The van der Waals surface area contributed by atoms with Gasteiger partial charge in [-0.3, -0.25) is 4.68 Å². The molecule has 0 bridgehead atoms. The zero-order valence-corrected chi connectivity index (χ0v) is 15.6. The number of nitrogens with zero attached hydrogens (tertiary/aromatic N) is 3. The fourth-order valence-corrected chi connectivity index (χ4v) is 3.05. The number of urea groups is 1. The van der Waals surface area contributed by atoms with E-state index in [1.165, 1.54) is 11.3 Å². The molecule has 0 saturated heterocycles. The highest BCUT2D eigenvalue weighted by Crippen LogP contribution is 2.16. The molecule has 130 valence electrons. The van der Waals surface area contributed by atoms with Gasteiger partial charge in [-0.25, -0.2) is 4.79 Å². The van der Waals surface area contributed by atoms with E-state index in [2.05, 4.69) is 30.3 Å². The molecule has 1 aromatic heterocycles. The van der Waals surface area contributed by atoms with Crippen LogP contribution in [0.25, 0.3) is 0 Å². The van der Waals surface area contributed by atoms with E-state index in [0.29, 0.717) is 6.54 Å². The van der Waals surface area contributed by atoms with Gasteiger partial charge in [-0.1, -0.05) is 6.07 Å². The van der Waals surface area contributed by atoms with Crippen molar-refractivity contribution in [2.24, 2.45) is 0 Å². The normalized spacial score (nSPS) is 10.8. The van der Waals surface area contributed by atoms with E-state index in [-0.39, 0.29) is 6.03 Å². The molecular formula is C19H28N4O. The van der Waals surface area contributed by atoms with Crippen molar-refractivity contribution in [3.63, 3.8) is 0 Å². The average molecular weight is 328 g/mol. The summed E-state index contributed by atoms with van der Waals surface area (Å²) in [7, 11) is 1.83. The van der Waals surface area contributed by atoms with Crippen LogP contribution in [0.3, 0.4) is 0 Å². The van der Waals surface area contributed by atoms with E-state index in [9.17, 15) is 4.79 Å². The lowest BCUT2D eigenvalue weighted by Crippen LogP contribution is -2.33. The first-order valence-electron chi connectivity index (χ1n) is 8.45. The lowest BCUT2D eigenvalue weighted by molar-refractivity contribution is 0.223. The third kappa shape index (κ3) is 4.16. The number of anilines is 1. The summed E-state index contributed by atoms with van der Waals surface area (Å²) in [6.07, 6.45) is 0.814. The summed E-state index contributed by atoms with van der Waals surface area (Å²) in [4.78, 5) is 14.1. The average Bonchev–Trinajstić information content (AvgIpc) is 2.77. The first-order valence-corrected chi connectivity index (χ1v) is 8.45. The summed E-state index contributed by atoms with van der Waals surface area (Å²) in [6, 6.07) is 5.98. The van der Waals surface area contributed by atoms with Crippen LogP contribution >= 0.6 is 0 Å². The Labute approximate surface area is 144 Å². The fourth-order valence-electron chi connectivity index (χ4n) is 3.05. The Morgan fingerprint density at radius 3 is 2.33 bits per heavy atom. The number of benzene rings is 1. The number of aromatic nitrogens is 2. The number of likely N-dealkylation sites (N-methyl/N-ethyl adjacent to an activating group) is 1. The molecule has 2 amide bonds. The van der Waals surface area contributed by atoms with E-state index in [1.54, 1.807) is 4.90 Å². The third-order valence-corrected chi connectivity index (χ3v) is 4.35. The Morgan fingerprint density at radius 2 is 1.79 bits per heavy atom. The van der Waals surface area contributed by atoms with Gasteiger partial charge in [0.2, 0.25) is 0 Å². The fraction of sp³-hybridized carbons (Fsp3) is 0.474. The van der Waals surface area contributed by atoms with Crippen LogP contribution in [0, 0.1) is 27.7 Å². The molecule has 0 aliphatic heterocycles. The van der Waals surface area contributed by atoms with Crippen molar-refractivity contribution in [1.82, 2.24) is 14.7 Å². The number of carbonyl (C=O) groups is 1. The molecular weight excluding hydrogens is 300 g/mol. The number of hydrogen-bond acceptors (Lipinski definition) is 2. The van der Waals surface area contributed by atoms with Crippen molar-refractivity contribution in [3.8, 4) is 0 Å². The lowest BCUT2D eigenvalue weighted by atomic mass is 10.1. The second-order valence-corrected chi connectivity index (χ2v) is 6.44. The van der Waals surface area contributed by atoms with Gasteiger partial charge in [-0.05, 0) is 69.9 Å². The van der Waals surface area contributed by atoms with Crippen molar-refractivity contribution in [2.75, 3.05) is 18.9 Å². The molecule has 0 unspecified atom stereocenters. The minimum Gasteiger partial charge on any atom is -0.327 e. The molecule has 0 atom stereocenters. The molecule has 2 rings (SSSR count). The van der Waals surface area contributed by atoms with Crippen LogP contribution in [0.15, 0.2) is 18.2 Å². The van der Waals surface area contributed by atoms with Crippen molar-refractivity contribution < 1.29 is 4.79 Å². The van der Waals surface area contributed by atoms with Gasteiger partial charge >= 0.3 is 6.03 Å². The number of hydrogen-bond donors (Lipinski definition) is 1. The molecule has 5 heteroatoms. The van der Waals surface area contributed by atoms with E-state index < -0.39 is 0 Å². The number of amides is 2. The van der Waals surface area contributed by atoms with Gasteiger partial charge in [0.1, 0.15) is 0 Å². The number of aryl methyl sites for hydroxylation is 4. The smallest absolute Gasteiger partial charge is 0.321 e. The van der Waals surface area contributed by atoms with Crippen LogP contribution < -0.4 is 5.32 Å². The Balaban J connectivity index is 1.98. The van der Waals surface area contributed by atoms with Gasteiger partial charge in [0.25, 0.3) is 0 Å². The number of rotatable bonds is 5. The molecule has 0 radical (unpaired) electrons.